The van der Waals surface area contributed by atoms with Gasteiger partial charge in [0.25, 0.3) is 0 Å². The standard InChI is InChI=1S/C14H9N3.ClH/c1-2-4-11-8-13-12(7-10(11)3-1)16-9-14-15-5-6-17(13)14;/h1-9H;1H. The molecule has 4 heteroatoms. The third-order valence-electron chi connectivity index (χ3n) is 3.09. The van der Waals surface area contributed by atoms with E-state index in [2.05, 4.69) is 44.7 Å². The Morgan fingerprint density at radius 1 is 0.944 bits per heavy atom. The highest BCUT2D eigenvalue weighted by molar-refractivity contribution is 5.95. The van der Waals surface area contributed by atoms with Gasteiger partial charge in [-0.2, -0.15) is 0 Å². The van der Waals surface area contributed by atoms with Crippen molar-refractivity contribution in [3.8, 4) is 0 Å². The van der Waals surface area contributed by atoms with E-state index in [1.54, 1.807) is 12.4 Å². The summed E-state index contributed by atoms with van der Waals surface area (Å²) in [6.45, 7) is 0. The summed E-state index contributed by atoms with van der Waals surface area (Å²) in [6.07, 6.45) is 5.57. The average molecular weight is 256 g/mol. The summed E-state index contributed by atoms with van der Waals surface area (Å²) >= 11 is 0. The van der Waals surface area contributed by atoms with Crippen LogP contribution in [0.5, 0.6) is 0 Å². The zero-order chi connectivity index (χ0) is 11.2. The lowest BCUT2D eigenvalue weighted by Crippen LogP contribution is -1.90. The molecule has 0 aliphatic heterocycles. The van der Waals surface area contributed by atoms with Crippen LogP contribution in [0.4, 0.5) is 0 Å². The minimum Gasteiger partial charge on any atom is -0.297 e. The predicted molar refractivity (Wildman–Crippen MR) is 75.2 cm³/mol. The van der Waals surface area contributed by atoms with Gasteiger partial charge >= 0.3 is 0 Å². The zero-order valence-electron chi connectivity index (χ0n) is 9.45. The molecule has 0 bridgehead atoms. The number of hydrogen-bond acceptors (Lipinski definition) is 2. The van der Waals surface area contributed by atoms with Gasteiger partial charge in [0.05, 0.1) is 17.2 Å². The quantitative estimate of drug-likeness (QED) is 0.451. The SMILES string of the molecule is Cl.c1ccc2cc3c(cc2c1)ncc1nccn13. The van der Waals surface area contributed by atoms with E-state index < -0.39 is 0 Å². The van der Waals surface area contributed by atoms with E-state index in [9.17, 15) is 0 Å². The Labute approximate surface area is 110 Å². The Balaban J connectivity index is 0.000001000. The van der Waals surface area contributed by atoms with Crippen molar-refractivity contribution in [1.29, 1.82) is 0 Å². The van der Waals surface area contributed by atoms with Crippen LogP contribution in [-0.2, 0) is 0 Å². The highest BCUT2D eigenvalue weighted by Crippen LogP contribution is 2.21. The summed E-state index contributed by atoms with van der Waals surface area (Å²) in [7, 11) is 0. The molecule has 4 aromatic rings. The lowest BCUT2D eigenvalue weighted by molar-refractivity contribution is 1.21. The minimum absolute atomic E-state index is 0. The van der Waals surface area contributed by atoms with E-state index in [1.807, 2.05) is 12.3 Å². The Hall–Kier alpha value is -2.13. The third kappa shape index (κ3) is 1.45. The number of rotatable bonds is 0. The van der Waals surface area contributed by atoms with E-state index in [0.29, 0.717) is 0 Å². The van der Waals surface area contributed by atoms with Gasteiger partial charge in [-0.1, -0.05) is 24.3 Å². The Kier molecular flexibility index (Phi) is 2.42. The molecule has 2 aromatic heterocycles. The molecular weight excluding hydrogens is 246 g/mol. The molecule has 3 nitrogen and oxygen atoms in total. The van der Waals surface area contributed by atoms with Gasteiger partial charge in [0, 0.05) is 12.4 Å². The summed E-state index contributed by atoms with van der Waals surface area (Å²) < 4.78 is 2.06. The minimum atomic E-state index is 0. The highest BCUT2D eigenvalue weighted by Gasteiger charge is 2.03. The van der Waals surface area contributed by atoms with E-state index in [1.165, 1.54) is 10.8 Å². The van der Waals surface area contributed by atoms with Gasteiger partial charge in [0.2, 0.25) is 0 Å². The van der Waals surface area contributed by atoms with E-state index in [0.717, 1.165) is 16.7 Å². The van der Waals surface area contributed by atoms with Gasteiger partial charge in [-0.25, -0.2) is 4.98 Å². The van der Waals surface area contributed by atoms with Crippen LogP contribution in [0.25, 0.3) is 27.5 Å². The molecule has 18 heavy (non-hydrogen) atoms. The lowest BCUT2D eigenvalue weighted by atomic mass is 10.1. The van der Waals surface area contributed by atoms with Crippen LogP contribution in [0.15, 0.2) is 55.0 Å². The van der Waals surface area contributed by atoms with Crippen LogP contribution in [0, 0.1) is 0 Å². The van der Waals surface area contributed by atoms with Crippen molar-refractivity contribution in [2.45, 2.75) is 0 Å². The molecule has 2 aromatic carbocycles. The number of imidazole rings is 1. The number of aromatic nitrogens is 3. The average Bonchev–Trinajstić information content (AvgIpc) is 2.85. The molecule has 0 fully saturated rings. The Morgan fingerprint density at radius 3 is 2.56 bits per heavy atom. The molecule has 0 aliphatic rings. The maximum absolute atomic E-state index is 4.45. The van der Waals surface area contributed by atoms with Crippen molar-refractivity contribution < 1.29 is 0 Å². The van der Waals surface area contributed by atoms with Gasteiger partial charge in [0.15, 0.2) is 5.65 Å². The first-order valence-corrected chi connectivity index (χ1v) is 5.52. The molecule has 4 rings (SSSR count). The van der Waals surface area contributed by atoms with Crippen molar-refractivity contribution in [3.05, 3.63) is 55.0 Å². The van der Waals surface area contributed by atoms with Crippen molar-refractivity contribution in [2.24, 2.45) is 0 Å². The summed E-state index contributed by atoms with van der Waals surface area (Å²) in [5, 5.41) is 2.44. The molecule has 0 saturated carbocycles. The van der Waals surface area contributed by atoms with Gasteiger partial charge in [-0.3, -0.25) is 9.38 Å². The van der Waals surface area contributed by atoms with Crippen LogP contribution >= 0.6 is 12.4 Å². The third-order valence-corrected chi connectivity index (χ3v) is 3.09. The Morgan fingerprint density at radius 2 is 1.72 bits per heavy atom. The van der Waals surface area contributed by atoms with Gasteiger partial charge < -0.3 is 0 Å². The number of hydrogen-bond donors (Lipinski definition) is 0. The highest BCUT2D eigenvalue weighted by atomic mass is 35.5. The molecule has 0 unspecified atom stereocenters. The van der Waals surface area contributed by atoms with Crippen molar-refractivity contribution >= 4 is 39.9 Å². The molecule has 88 valence electrons. The molecule has 0 atom stereocenters. The van der Waals surface area contributed by atoms with Crippen LogP contribution in [0.3, 0.4) is 0 Å². The molecule has 0 saturated heterocycles. The molecule has 0 amide bonds. The predicted octanol–water partition coefficient (Wildman–Crippen LogP) is 3.46. The largest absolute Gasteiger partial charge is 0.297 e. The van der Waals surface area contributed by atoms with Crippen molar-refractivity contribution in [3.63, 3.8) is 0 Å². The summed E-state index contributed by atoms with van der Waals surface area (Å²) in [5.41, 5.74) is 2.97. The first-order valence-electron chi connectivity index (χ1n) is 5.52. The van der Waals surface area contributed by atoms with Crippen molar-refractivity contribution in [1.82, 2.24) is 14.4 Å². The molecule has 0 radical (unpaired) electrons. The van der Waals surface area contributed by atoms with Gasteiger partial charge in [-0.05, 0) is 22.9 Å². The summed E-state index contributed by atoms with van der Waals surface area (Å²) in [4.78, 5) is 8.70. The Bertz CT molecular complexity index is 851. The van der Waals surface area contributed by atoms with E-state index in [4.69, 9.17) is 0 Å². The van der Waals surface area contributed by atoms with E-state index in [-0.39, 0.29) is 12.4 Å². The maximum Gasteiger partial charge on any atom is 0.155 e. The number of benzene rings is 2. The smallest absolute Gasteiger partial charge is 0.155 e. The van der Waals surface area contributed by atoms with E-state index >= 15 is 0 Å². The first-order chi connectivity index (χ1) is 8.42. The fraction of sp³-hybridized carbons (Fsp3) is 0. The van der Waals surface area contributed by atoms with Gasteiger partial charge in [0.1, 0.15) is 0 Å². The first kappa shape index (κ1) is 11.0. The molecule has 2 heterocycles. The second kappa shape index (κ2) is 3.96. The summed E-state index contributed by atoms with van der Waals surface area (Å²) in [6, 6.07) is 12.6. The zero-order valence-corrected chi connectivity index (χ0v) is 10.3. The number of fused-ring (bicyclic) bond motifs is 4. The van der Waals surface area contributed by atoms with Crippen LogP contribution in [0.1, 0.15) is 0 Å². The molecule has 0 N–H and O–H groups in total. The van der Waals surface area contributed by atoms with Crippen LogP contribution < -0.4 is 0 Å². The van der Waals surface area contributed by atoms with Gasteiger partial charge in [-0.15, -0.1) is 12.4 Å². The van der Waals surface area contributed by atoms with Crippen LogP contribution in [-0.4, -0.2) is 14.4 Å². The fourth-order valence-corrected chi connectivity index (χ4v) is 2.25. The molecule has 0 aliphatic carbocycles. The summed E-state index contributed by atoms with van der Waals surface area (Å²) in [5.74, 6) is 0. The monoisotopic (exact) mass is 255 g/mol. The maximum atomic E-state index is 4.45. The van der Waals surface area contributed by atoms with Crippen molar-refractivity contribution in [2.75, 3.05) is 0 Å². The lowest BCUT2D eigenvalue weighted by Gasteiger charge is -2.03. The number of nitrogens with zero attached hydrogens (tertiary/aromatic N) is 3. The second-order valence-corrected chi connectivity index (χ2v) is 4.10. The topological polar surface area (TPSA) is 30.2 Å². The molecule has 0 spiro atoms. The van der Waals surface area contributed by atoms with Crippen LogP contribution in [0.2, 0.25) is 0 Å². The molecular formula is C14H10ClN3. The second-order valence-electron chi connectivity index (χ2n) is 4.10. The normalized spacial score (nSPS) is 10.9. The fourth-order valence-electron chi connectivity index (χ4n) is 2.25. The number of halogens is 1.